The van der Waals surface area contributed by atoms with Crippen molar-refractivity contribution in [3.8, 4) is 5.75 Å². The molecule has 2 rings (SSSR count). The number of rotatable bonds is 4. The van der Waals surface area contributed by atoms with Gasteiger partial charge in [0, 0.05) is 6.54 Å². The van der Waals surface area contributed by atoms with E-state index < -0.39 is 0 Å². The largest absolute Gasteiger partial charge is 0.507 e. The van der Waals surface area contributed by atoms with Crippen molar-refractivity contribution in [1.82, 2.24) is 5.32 Å². The number of carbonyl (C=O) groups excluding carboxylic acids is 1. The number of hydrogen-bond donors (Lipinski definition) is 2. The molecule has 1 saturated carbocycles. The summed E-state index contributed by atoms with van der Waals surface area (Å²) in [6.45, 7) is 4.91. The van der Waals surface area contributed by atoms with Crippen LogP contribution in [0.15, 0.2) is 18.2 Å². The van der Waals surface area contributed by atoms with Gasteiger partial charge in [-0.05, 0) is 49.3 Å². The van der Waals surface area contributed by atoms with Crippen molar-refractivity contribution in [2.24, 2.45) is 11.8 Å². The van der Waals surface area contributed by atoms with Crippen LogP contribution in [0, 0.1) is 18.8 Å². The summed E-state index contributed by atoms with van der Waals surface area (Å²) in [7, 11) is 0. The van der Waals surface area contributed by atoms with Crippen molar-refractivity contribution < 1.29 is 9.90 Å². The molecule has 2 N–H and O–H groups in total. The Bertz CT molecular complexity index is 470. The second-order valence-corrected chi connectivity index (χ2v) is 6.20. The molecule has 2 unspecified atom stereocenters. The second-order valence-electron chi connectivity index (χ2n) is 6.20. The average Bonchev–Trinajstić information content (AvgIpc) is 2.38. The van der Waals surface area contributed by atoms with Crippen LogP contribution in [-0.4, -0.2) is 17.6 Å². The van der Waals surface area contributed by atoms with E-state index in [9.17, 15) is 9.90 Å². The van der Waals surface area contributed by atoms with Gasteiger partial charge in [0.2, 0.25) is 0 Å². The van der Waals surface area contributed by atoms with Crippen molar-refractivity contribution in [2.45, 2.75) is 46.0 Å². The predicted octanol–water partition coefficient (Wildman–Crippen LogP) is 3.65. The zero-order valence-corrected chi connectivity index (χ0v) is 12.5. The minimum absolute atomic E-state index is 0.0637. The minimum Gasteiger partial charge on any atom is -0.507 e. The Hall–Kier alpha value is -1.51. The molecule has 0 aromatic heterocycles. The van der Waals surface area contributed by atoms with E-state index >= 15 is 0 Å². The van der Waals surface area contributed by atoms with Crippen LogP contribution in [0.25, 0.3) is 0 Å². The number of hydrogen-bond acceptors (Lipinski definition) is 2. The van der Waals surface area contributed by atoms with Gasteiger partial charge >= 0.3 is 0 Å². The Kier molecular flexibility index (Phi) is 5.05. The summed E-state index contributed by atoms with van der Waals surface area (Å²) in [5.74, 6) is 1.46. The number of aryl methyl sites for hydroxylation is 1. The van der Waals surface area contributed by atoms with Crippen LogP contribution in [0.4, 0.5) is 0 Å². The van der Waals surface area contributed by atoms with Crippen LogP contribution in [-0.2, 0) is 0 Å². The van der Waals surface area contributed by atoms with E-state index in [2.05, 4.69) is 12.2 Å². The predicted molar refractivity (Wildman–Crippen MR) is 80.9 cm³/mol. The van der Waals surface area contributed by atoms with Gasteiger partial charge in [-0.1, -0.05) is 32.3 Å². The van der Waals surface area contributed by atoms with Crippen molar-refractivity contribution in [1.29, 1.82) is 0 Å². The molecule has 0 bridgehead atoms. The first-order valence-electron chi connectivity index (χ1n) is 7.64. The molecule has 1 aromatic carbocycles. The van der Waals surface area contributed by atoms with Gasteiger partial charge in [-0.15, -0.1) is 0 Å². The number of nitrogens with one attached hydrogen (secondary N) is 1. The highest BCUT2D eigenvalue weighted by Crippen LogP contribution is 2.30. The lowest BCUT2D eigenvalue weighted by Gasteiger charge is -2.26. The van der Waals surface area contributed by atoms with E-state index in [-0.39, 0.29) is 11.7 Å². The smallest absolute Gasteiger partial charge is 0.255 e. The maximum absolute atomic E-state index is 12.0. The Morgan fingerprint density at radius 3 is 2.90 bits per heavy atom. The molecule has 0 radical (unpaired) electrons. The average molecular weight is 275 g/mol. The SMILES string of the molecule is Cc1ccc(C(=O)NCCC2CCCC(C)C2)c(O)c1. The molecular weight excluding hydrogens is 250 g/mol. The van der Waals surface area contributed by atoms with Gasteiger partial charge in [-0.25, -0.2) is 0 Å². The number of amides is 1. The normalized spacial score (nSPS) is 22.5. The maximum Gasteiger partial charge on any atom is 0.255 e. The first-order valence-corrected chi connectivity index (χ1v) is 7.64. The zero-order chi connectivity index (χ0) is 14.5. The lowest BCUT2D eigenvalue weighted by atomic mass is 9.81. The molecule has 0 aliphatic heterocycles. The zero-order valence-electron chi connectivity index (χ0n) is 12.5. The van der Waals surface area contributed by atoms with Crippen molar-refractivity contribution in [3.63, 3.8) is 0 Å². The summed E-state index contributed by atoms with van der Waals surface area (Å²) in [6.07, 6.45) is 6.28. The Morgan fingerprint density at radius 2 is 2.20 bits per heavy atom. The molecule has 3 nitrogen and oxygen atoms in total. The van der Waals surface area contributed by atoms with Crippen molar-refractivity contribution in [3.05, 3.63) is 29.3 Å². The number of phenolic OH excluding ortho intramolecular Hbond substituents is 1. The molecular formula is C17H25NO2. The number of phenols is 1. The molecule has 20 heavy (non-hydrogen) atoms. The number of aromatic hydroxyl groups is 1. The van der Waals surface area contributed by atoms with E-state index in [1.54, 1.807) is 12.1 Å². The first kappa shape index (κ1) is 14.9. The van der Waals surface area contributed by atoms with Gasteiger partial charge in [0.15, 0.2) is 0 Å². The molecule has 1 aromatic rings. The van der Waals surface area contributed by atoms with E-state index in [0.29, 0.717) is 12.1 Å². The lowest BCUT2D eigenvalue weighted by molar-refractivity contribution is 0.0947. The topological polar surface area (TPSA) is 49.3 Å². The summed E-state index contributed by atoms with van der Waals surface area (Å²) in [5.41, 5.74) is 1.32. The Balaban J connectivity index is 1.80. The van der Waals surface area contributed by atoms with Gasteiger partial charge < -0.3 is 10.4 Å². The van der Waals surface area contributed by atoms with Crippen LogP contribution in [0.1, 0.15) is 54.9 Å². The molecule has 2 atom stereocenters. The van der Waals surface area contributed by atoms with Gasteiger partial charge in [0.05, 0.1) is 5.56 Å². The van der Waals surface area contributed by atoms with Gasteiger partial charge in [0.25, 0.3) is 5.91 Å². The van der Waals surface area contributed by atoms with Gasteiger partial charge in [0.1, 0.15) is 5.75 Å². The van der Waals surface area contributed by atoms with Crippen LogP contribution in [0.5, 0.6) is 5.75 Å². The van der Waals surface area contributed by atoms with Gasteiger partial charge in [-0.3, -0.25) is 4.79 Å². The molecule has 0 saturated heterocycles. The molecule has 3 heteroatoms. The Labute approximate surface area is 121 Å². The fourth-order valence-electron chi connectivity index (χ4n) is 3.14. The first-order chi connectivity index (χ1) is 9.56. The van der Waals surface area contributed by atoms with Crippen molar-refractivity contribution >= 4 is 5.91 Å². The van der Waals surface area contributed by atoms with Crippen LogP contribution < -0.4 is 5.32 Å². The van der Waals surface area contributed by atoms with Crippen molar-refractivity contribution in [2.75, 3.05) is 6.54 Å². The highest BCUT2D eigenvalue weighted by Gasteiger charge is 2.19. The molecule has 1 fully saturated rings. The van der Waals surface area contributed by atoms with E-state index in [0.717, 1.165) is 23.8 Å². The standard InChI is InChI=1S/C17H25NO2/c1-12-4-3-5-14(10-12)8-9-18-17(20)15-7-6-13(2)11-16(15)19/h6-7,11-12,14,19H,3-5,8-10H2,1-2H3,(H,18,20). The molecule has 1 aliphatic rings. The third-order valence-electron chi connectivity index (χ3n) is 4.28. The fraction of sp³-hybridized carbons (Fsp3) is 0.588. The third-order valence-corrected chi connectivity index (χ3v) is 4.28. The maximum atomic E-state index is 12.0. The summed E-state index contributed by atoms with van der Waals surface area (Å²) in [5, 5.41) is 12.7. The van der Waals surface area contributed by atoms with Gasteiger partial charge in [-0.2, -0.15) is 0 Å². The van der Waals surface area contributed by atoms with E-state index in [4.69, 9.17) is 0 Å². The quantitative estimate of drug-likeness (QED) is 0.881. The van der Waals surface area contributed by atoms with Crippen LogP contribution in [0.3, 0.4) is 0 Å². The summed E-state index contributed by atoms with van der Waals surface area (Å²) in [4.78, 5) is 12.0. The summed E-state index contributed by atoms with van der Waals surface area (Å²) >= 11 is 0. The highest BCUT2D eigenvalue weighted by molar-refractivity contribution is 5.96. The summed E-state index contributed by atoms with van der Waals surface area (Å²) < 4.78 is 0. The molecule has 0 spiro atoms. The monoisotopic (exact) mass is 275 g/mol. The minimum atomic E-state index is -0.175. The summed E-state index contributed by atoms with van der Waals surface area (Å²) in [6, 6.07) is 5.15. The van der Waals surface area contributed by atoms with E-state index in [1.165, 1.54) is 25.7 Å². The molecule has 1 amide bonds. The second kappa shape index (κ2) is 6.78. The third kappa shape index (κ3) is 3.99. The molecule has 110 valence electrons. The highest BCUT2D eigenvalue weighted by atomic mass is 16.3. The number of benzene rings is 1. The van der Waals surface area contributed by atoms with Crippen LogP contribution in [0.2, 0.25) is 0 Å². The number of carbonyl (C=O) groups is 1. The Morgan fingerprint density at radius 1 is 1.40 bits per heavy atom. The molecule has 1 aliphatic carbocycles. The lowest BCUT2D eigenvalue weighted by Crippen LogP contribution is -2.27. The fourth-order valence-corrected chi connectivity index (χ4v) is 3.14. The molecule has 0 heterocycles. The van der Waals surface area contributed by atoms with Crippen LogP contribution >= 0.6 is 0 Å². The van der Waals surface area contributed by atoms with E-state index in [1.807, 2.05) is 13.0 Å².